The molecule has 0 amide bonds. The molecule has 0 fully saturated rings. The number of para-hydroxylation sites is 1. The first kappa shape index (κ1) is 17.2. The average Bonchev–Trinajstić information content (AvgIpc) is 3.07. The summed E-state index contributed by atoms with van der Waals surface area (Å²) in [6, 6.07) is 12.2. The fourth-order valence-corrected chi connectivity index (χ4v) is 3.75. The van der Waals surface area contributed by atoms with Crippen molar-refractivity contribution in [2.24, 2.45) is 0 Å². The molecule has 1 heterocycles. The van der Waals surface area contributed by atoms with Crippen molar-refractivity contribution in [2.45, 2.75) is 24.8 Å². The minimum Gasteiger partial charge on any atom is -0.207 e. The highest BCUT2D eigenvalue weighted by Crippen LogP contribution is 2.20. The average molecular weight is 361 g/mol. The molecule has 0 spiro atoms. The number of hydrogen-bond donors (Lipinski definition) is 1. The van der Waals surface area contributed by atoms with Gasteiger partial charge in [0, 0.05) is 0 Å². The number of halogens is 1. The molecule has 2 aromatic carbocycles. The molecular weight excluding hydrogens is 345 g/mol. The van der Waals surface area contributed by atoms with Gasteiger partial charge in [0.2, 0.25) is 10.0 Å². The number of rotatable bonds is 5. The molecule has 0 saturated heterocycles. The van der Waals surface area contributed by atoms with E-state index in [0.717, 1.165) is 6.07 Å². The van der Waals surface area contributed by atoms with Crippen LogP contribution in [0.15, 0.2) is 53.4 Å². The van der Waals surface area contributed by atoms with Crippen molar-refractivity contribution >= 4 is 10.0 Å². The van der Waals surface area contributed by atoms with Crippen molar-refractivity contribution in [1.29, 1.82) is 0 Å². The van der Waals surface area contributed by atoms with E-state index in [1.54, 1.807) is 26.0 Å². The van der Waals surface area contributed by atoms with Crippen LogP contribution in [0.5, 0.6) is 0 Å². The van der Waals surface area contributed by atoms with E-state index in [2.05, 4.69) is 20.2 Å². The minimum atomic E-state index is -4.07. The number of nitrogens with one attached hydrogen (secondary N) is 1. The van der Waals surface area contributed by atoms with E-state index in [1.807, 2.05) is 18.2 Å². The van der Waals surface area contributed by atoms with Gasteiger partial charge in [-0.3, -0.25) is 0 Å². The highest BCUT2D eigenvalue weighted by atomic mass is 32.2. The van der Waals surface area contributed by atoms with Gasteiger partial charge in [-0.05, 0) is 54.1 Å². The molecule has 3 aromatic rings. The van der Waals surface area contributed by atoms with E-state index in [1.165, 1.54) is 16.8 Å². The number of benzene rings is 2. The Kier molecular flexibility index (Phi) is 4.60. The Labute approximate surface area is 144 Å². The van der Waals surface area contributed by atoms with Gasteiger partial charge in [0.1, 0.15) is 10.7 Å². The van der Waals surface area contributed by atoms with Crippen molar-refractivity contribution < 1.29 is 12.8 Å². The van der Waals surface area contributed by atoms with Gasteiger partial charge in [-0.2, -0.15) is 4.68 Å². The summed E-state index contributed by atoms with van der Waals surface area (Å²) in [7, 11) is -4.07. The lowest BCUT2D eigenvalue weighted by Gasteiger charge is -2.14. The van der Waals surface area contributed by atoms with Crippen LogP contribution in [-0.4, -0.2) is 28.6 Å². The first-order valence-electron chi connectivity index (χ1n) is 7.50. The first-order chi connectivity index (χ1) is 11.9. The molecule has 0 bridgehead atoms. The fraction of sp³-hybridized carbons (Fsp3) is 0.188. The second-order valence-electron chi connectivity index (χ2n) is 5.56. The Morgan fingerprint density at radius 2 is 1.88 bits per heavy atom. The predicted molar refractivity (Wildman–Crippen MR) is 89.0 cm³/mol. The van der Waals surface area contributed by atoms with E-state index in [0.29, 0.717) is 17.1 Å². The Hall–Kier alpha value is -2.65. The number of sulfonamides is 1. The van der Waals surface area contributed by atoms with Crippen LogP contribution in [0.2, 0.25) is 0 Å². The number of tetrazole rings is 1. The van der Waals surface area contributed by atoms with Gasteiger partial charge >= 0.3 is 0 Å². The summed E-state index contributed by atoms with van der Waals surface area (Å²) < 4.78 is 42.8. The smallest absolute Gasteiger partial charge is 0.207 e. The minimum absolute atomic E-state index is 0.294. The summed E-state index contributed by atoms with van der Waals surface area (Å²) in [5.74, 6) is -0.518. The number of aryl methyl sites for hydroxylation is 1. The molecule has 1 unspecified atom stereocenters. The summed E-state index contributed by atoms with van der Waals surface area (Å²) in [5.41, 5.74) is 1.33. The lowest BCUT2D eigenvalue weighted by Crippen LogP contribution is -2.29. The van der Waals surface area contributed by atoms with E-state index >= 15 is 0 Å². The Bertz CT molecular complexity index is 989. The van der Waals surface area contributed by atoms with Gasteiger partial charge in [-0.25, -0.2) is 17.5 Å². The fourth-order valence-electron chi connectivity index (χ4n) is 2.38. The van der Waals surface area contributed by atoms with Crippen LogP contribution in [0.1, 0.15) is 24.4 Å². The molecule has 3 rings (SSSR count). The Morgan fingerprint density at radius 1 is 1.16 bits per heavy atom. The second-order valence-corrected chi connectivity index (χ2v) is 7.24. The largest absolute Gasteiger partial charge is 0.244 e. The predicted octanol–water partition coefficient (Wildman–Crippen LogP) is 2.15. The van der Waals surface area contributed by atoms with Crippen LogP contribution in [-0.2, 0) is 10.0 Å². The zero-order chi connectivity index (χ0) is 18.0. The van der Waals surface area contributed by atoms with Crippen LogP contribution in [0.25, 0.3) is 5.69 Å². The summed E-state index contributed by atoms with van der Waals surface area (Å²) >= 11 is 0. The molecule has 0 aliphatic heterocycles. The maximum Gasteiger partial charge on any atom is 0.244 e. The molecule has 25 heavy (non-hydrogen) atoms. The maximum atomic E-state index is 13.9. The molecule has 9 heteroatoms. The second kappa shape index (κ2) is 6.69. The van der Waals surface area contributed by atoms with Gasteiger partial charge in [0.15, 0.2) is 5.82 Å². The van der Waals surface area contributed by atoms with E-state index in [-0.39, 0.29) is 0 Å². The third-order valence-electron chi connectivity index (χ3n) is 3.59. The summed E-state index contributed by atoms with van der Waals surface area (Å²) in [4.78, 5) is -0.405. The van der Waals surface area contributed by atoms with Crippen LogP contribution in [0.3, 0.4) is 0 Å². The van der Waals surface area contributed by atoms with Crippen molar-refractivity contribution in [3.8, 4) is 5.69 Å². The molecule has 1 atom stereocenters. The van der Waals surface area contributed by atoms with Gasteiger partial charge in [-0.1, -0.05) is 24.3 Å². The Balaban J connectivity index is 1.92. The van der Waals surface area contributed by atoms with Crippen molar-refractivity contribution in [3.05, 3.63) is 65.7 Å². The van der Waals surface area contributed by atoms with Gasteiger partial charge in [0.05, 0.1) is 11.7 Å². The van der Waals surface area contributed by atoms with E-state index in [9.17, 15) is 12.8 Å². The number of hydrogen-bond acceptors (Lipinski definition) is 5. The SMILES string of the molecule is Cc1ccc(F)c(S(=O)(=O)NC(C)c2nnnn2-c2ccccc2)c1. The third-order valence-corrected chi connectivity index (χ3v) is 5.15. The highest BCUT2D eigenvalue weighted by molar-refractivity contribution is 7.89. The summed E-state index contributed by atoms with van der Waals surface area (Å²) in [5, 5.41) is 11.4. The molecular formula is C16H16FN5O2S. The van der Waals surface area contributed by atoms with Crippen molar-refractivity contribution in [1.82, 2.24) is 24.9 Å². The zero-order valence-electron chi connectivity index (χ0n) is 13.6. The molecule has 0 saturated carbocycles. The number of aromatic nitrogens is 4. The molecule has 1 aromatic heterocycles. The molecule has 130 valence electrons. The summed E-state index contributed by atoms with van der Waals surface area (Å²) in [6.07, 6.45) is 0. The topological polar surface area (TPSA) is 89.8 Å². The molecule has 0 aliphatic carbocycles. The lowest BCUT2D eigenvalue weighted by atomic mass is 10.2. The standard InChI is InChI=1S/C16H16FN5O2S/c1-11-8-9-14(17)15(10-11)25(23,24)19-12(2)16-18-20-21-22(16)13-6-4-3-5-7-13/h3-10,12,19H,1-2H3. The van der Waals surface area contributed by atoms with Crippen molar-refractivity contribution in [2.75, 3.05) is 0 Å². The van der Waals surface area contributed by atoms with Gasteiger partial charge < -0.3 is 0 Å². The van der Waals surface area contributed by atoms with Crippen LogP contribution in [0, 0.1) is 12.7 Å². The lowest BCUT2D eigenvalue weighted by molar-refractivity contribution is 0.538. The zero-order valence-corrected chi connectivity index (χ0v) is 14.4. The first-order valence-corrected chi connectivity index (χ1v) is 8.99. The van der Waals surface area contributed by atoms with Crippen molar-refractivity contribution in [3.63, 3.8) is 0 Å². The van der Waals surface area contributed by atoms with E-state index in [4.69, 9.17) is 0 Å². The highest BCUT2D eigenvalue weighted by Gasteiger charge is 2.25. The monoisotopic (exact) mass is 361 g/mol. The molecule has 0 radical (unpaired) electrons. The van der Waals surface area contributed by atoms with E-state index < -0.39 is 26.8 Å². The molecule has 7 nitrogen and oxygen atoms in total. The van der Waals surface area contributed by atoms with Crippen LogP contribution >= 0.6 is 0 Å². The molecule has 0 aliphatic rings. The Morgan fingerprint density at radius 3 is 2.60 bits per heavy atom. The maximum absolute atomic E-state index is 13.9. The molecule has 1 N–H and O–H groups in total. The van der Waals surface area contributed by atoms with Gasteiger partial charge in [-0.15, -0.1) is 5.10 Å². The van der Waals surface area contributed by atoms with Gasteiger partial charge in [0.25, 0.3) is 0 Å². The summed E-state index contributed by atoms with van der Waals surface area (Å²) in [6.45, 7) is 3.29. The van der Waals surface area contributed by atoms with Crippen LogP contribution < -0.4 is 4.72 Å². The van der Waals surface area contributed by atoms with Crippen LogP contribution in [0.4, 0.5) is 4.39 Å². The number of nitrogens with zero attached hydrogens (tertiary/aromatic N) is 4. The normalized spacial score (nSPS) is 12.9. The third kappa shape index (κ3) is 3.57. The quantitative estimate of drug-likeness (QED) is 0.752.